The van der Waals surface area contributed by atoms with Gasteiger partial charge in [0, 0.05) is 44.3 Å². The van der Waals surface area contributed by atoms with Crippen molar-refractivity contribution in [2.45, 2.75) is 13.0 Å². The van der Waals surface area contributed by atoms with Gasteiger partial charge in [-0.1, -0.05) is 18.2 Å². The van der Waals surface area contributed by atoms with Crippen LogP contribution < -0.4 is 10.1 Å². The van der Waals surface area contributed by atoms with Gasteiger partial charge in [-0.25, -0.2) is 9.97 Å². The van der Waals surface area contributed by atoms with Crippen LogP contribution in [0.1, 0.15) is 21.6 Å². The molecule has 0 aliphatic heterocycles. The number of aromatic nitrogens is 3. The second kappa shape index (κ2) is 9.45. The summed E-state index contributed by atoms with van der Waals surface area (Å²) in [6.45, 7) is 1.09. The van der Waals surface area contributed by atoms with Crippen LogP contribution >= 0.6 is 0 Å². The number of para-hydroxylation sites is 1. The molecule has 7 nitrogen and oxygen atoms in total. The maximum Gasteiger partial charge on any atom is 0.272 e. The van der Waals surface area contributed by atoms with Crippen LogP contribution in [-0.4, -0.2) is 46.5 Å². The zero-order valence-electron chi connectivity index (χ0n) is 16.0. The van der Waals surface area contributed by atoms with Gasteiger partial charge in [-0.2, -0.15) is 0 Å². The molecule has 2 heterocycles. The summed E-state index contributed by atoms with van der Waals surface area (Å²) < 4.78 is 5.35. The number of amides is 1. The summed E-state index contributed by atoms with van der Waals surface area (Å²) in [5.74, 6) is 1.05. The lowest BCUT2D eigenvalue weighted by molar-refractivity contribution is 0.0791. The summed E-state index contributed by atoms with van der Waals surface area (Å²) in [7, 11) is 3.41. The largest absolute Gasteiger partial charge is 0.496 e. The second-order valence-electron chi connectivity index (χ2n) is 6.26. The van der Waals surface area contributed by atoms with E-state index in [4.69, 9.17) is 4.74 Å². The molecule has 3 rings (SSSR count). The highest BCUT2D eigenvalue weighted by atomic mass is 16.5. The number of anilines is 1. The van der Waals surface area contributed by atoms with Crippen LogP contribution in [0.3, 0.4) is 0 Å². The highest BCUT2D eigenvalue weighted by Crippen LogP contribution is 2.18. The van der Waals surface area contributed by atoms with Crippen molar-refractivity contribution in [2.75, 3.05) is 26.0 Å². The zero-order valence-corrected chi connectivity index (χ0v) is 16.0. The van der Waals surface area contributed by atoms with Crippen LogP contribution in [-0.2, 0) is 13.0 Å². The molecule has 0 saturated heterocycles. The van der Waals surface area contributed by atoms with E-state index in [2.05, 4.69) is 20.3 Å². The van der Waals surface area contributed by atoms with E-state index in [9.17, 15) is 4.79 Å². The molecule has 2 aromatic heterocycles. The number of likely N-dealkylation sites (N-methyl/N-ethyl adjacent to an activating group) is 1. The predicted molar refractivity (Wildman–Crippen MR) is 107 cm³/mol. The van der Waals surface area contributed by atoms with Gasteiger partial charge in [-0.15, -0.1) is 0 Å². The molecule has 0 bridgehead atoms. The second-order valence-corrected chi connectivity index (χ2v) is 6.26. The molecule has 0 saturated carbocycles. The molecule has 1 N–H and O–H groups in total. The van der Waals surface area contributed by atoms with Crippen molar-refractivity contribution in [3.8, 4) is 5.75 Å². The molecule has 7 heteroatoms. The summed E-state index contributed by atoms with van der Waals surface area (Å²) in [4.78, 5) is 26.9. The number of carbonyl (C=O) groups excluding carboxylic acids is 1. The smallest absolute Gasteiger partial charge is 0.272 e. The molecule has 28 heavy (non-hydrogen) atoms. The summed E-state index contributed by atoms with van der Waals surface area (Å²) in [6.07, 6.45) is 5.85. The Hall–Kier alpha value is -3.48. The van der Waals surface area contributed by atoms with Crippen LogP contribution in [0.25, 0.3) is 0 Å². The lowest BCUT2D eigenvalue weighted by Crippen LogP contribution is -2.29. The molecule has 1 amide bonds. The normalized spacial score (nSPS) is 10.4. The molecule has 0 aliphatic carbocycles. The summed E-state index contributed by atoms with van der Waals surface area (Å²) in [6, 6.07) is 13.2. The maximum absolute atomic E-state index is 12.7. The van der Waals surface area contributed by atoms with Gasteiger partial charge in [0.25, 0.3) is 5.91 Å². The van der Waals surface area contributed by atoms with Gasteiger partial charge in [0.1, 0.15) is 11.4 Å². The number of carbonyl (C=O) groups is 1. The maximum atomic E-state index is 12.7. The quantitative estimate of drug-likeness (QED) is 0.650. The van der Waals surface area contributed by atoms with Gasteiger partial charge in [0.2, 0.25) is 5.95 Å². The van der Waals surface area contributed by atoms with Gasteiger partial charge in [0.15, 0.2) is 0 Å². The van der Waals surface area contributed by atoms with E-state index in [-0.39, 0.29) is 5.91 Å². The average Bonchev–Trinajstić information content (AvgIpc) is 2.76. The van der Waals surface area contributed by atoms with Crippen molar-refractivity contribution in [1.82, 2.24) is 19.9 Å². The number of hydrogen-bond acceptors (Lipinski definition) is 6. The number of benzene rings is 1. The van der Waals surface area contributed by atoms with E-state index in [1.165, 1.54) is 0 Å². The van der Waals surface area contributed by atoms with E-state index >= 15 is 0 Å². The summed E-state index contributed by atoms with van der Waals surface area (Å²) in [5, 5.41) is 3.15. The lowest BCUT2D eigenvalue weighted by Gasteiger charge is -2.17. The van der Waals surface area contributed by atoms with Crippen molar-refractivity contribution < 1.29 is 9.53 Å². The molecule has 144 valence electrons. The number of ether oxygens (including phenoxy) is 1. The Labute approximate surface area is 164 Å². The Morgan fingerprint density at radius 2 is 1.89 bits per heavy atom. The Balaban J connectivity index is 1.61. The van der Waals surface area contributed by atoms with E-state index in [1.807, 2.05) is 36.4 Å². The van der Waals surface area contributed by atoms with Crippen LogP contribution in [0.15, 0.2) is 61.1 Å². The molecular weight excluding hydrogens is 354 g/mol. The third kappa shape index (κ3) is 5.03. The highest BCUT2D eigenvalue weighted by molar-refractivity contribution is 5.92. The van der Waals surface area contributed by atoms with Gasteiger partial charge in [0.05, 0.1) is 7.11 Å². The van der Waals surface area contributed by atoms with Crippen LogP contribution in [0.4, 0.5) is 5.95 Å². The number of nitrogens with one attached hydrogen (secondary N) is 1. The molecule has 3 aromatic rings. The fourth-order valence-corrected chi connectivity index (χ4v) is 2.73. The first-order valence-electron chi connectivity index (χ1n) is 9.00. The Bertz CT molecular complexity index is 917. The van der Waals surface area contributed by atoms with Crippen molar-refractivity contribution in [2.24, 2.45) is 0 Å². The van der Waals surface area contributed by atoms with Crippen molar-refractivity contribution >= 4 is 11.9 Å². The Morgan fingerprint density at radius 1 is 1.11 bits per heavy atom. The minimum Gasteiger partial charge on any atom is -0.496 e. The van der Waals surface area contributed by atoms with Crippen molar-refractivity contribution in [1.29, 1.82) is 0 Å². The Kier molecular flexibility index (Phi) is 6.51. The van der Waals surface area contributed by atoms with Gasteiger partial charge >= 0.3 is 0 Å². The summed E-state index contributed by atoms with van der Waals surface area (Å²) in [5.41, 5.74) is 2.48. The fourth-order valence-electron chi connectivity index (χ4n) is 2.73. The molecule has 0 atom stereocenters. The highest BCUT2D eigenvalue weighted by Gasteiger charge is 2.14. The third-order valence-corrected chi connectivity index (χ3v) is 4.34. The lowest BCUT2D eigenvalue weighted by atomic mass is 10.2. The number of nitrogens with zero attached hydrogens (tertiary/aromatic N) is 4. The number of pyridine rings is 1. The molecular formula is C21H23N5O2. The number of rotatable bonds is 8. The van der Waals surface area contributed by atoms with E-state index in [0.717, 1.165) is 23.3 Å². The van der Waals surface area contributed by atoms with E-state index in [1.54, 1.807) is 43.7 Å². The third-order valence-electron chi connectivity index (χ3n) is 4.34. The first-order chi connectivity index (χ1) is 13.7. The van der Waals surface area contributed by atoms with E-state index in [0.29, 0.717) is 24.7 Å². The van der Waals surface area contributed by atoms with Gasteiger partial charge < -0.3 is 15.0 Å². The fraction of sp³-hybridized carbons (Fsp3) is 0.238. The van der Waals surface area contributed by atoms with Crippen molar-refractivity contribution in [3.63, 3.8) is 0 Å². The van der Waals surface area contributed by atoms with Gasteiger partial charge in [-0.3, -0.25) is 9.78 Å². The Morgan fingerprint density at radius 3 is 2.68 bits per heavy atom. The zero-order chi connectivity index (χ0) is 19.8. The van der Waals surface area contributed by atoms with Crippen LogP contribution in [0.2, 0.25) is 0 Å². The van der Waals surface area contributed by atoms with Crippen LogP contribution in [0.5, 0.6) is 5.75 Å². The monoisotopic (exact) mass is 377 g/mol. The van der Waals surface area contributed by atoms with E-state index < -0.39 is 0 Å². The molecule has 0 aliphatic rings. The molecule has 0 unspecified atom stereocenters. The minimum absolute atomic E-state index is 0.142. The SMILES string of the molecule is COc1ccccc1CNc1nccc(C(=O)N(C)CCc2ccncc2)n1. The molecule has 0 fully saturated rings. The summed E-state index contributed by atoms with van der Waals surface area (Å²) >= 11 is 0. The molecule has 0 radical (unpaired) electrons. The topological polar surface area (TPSA) is 80.2 Å². The predicted octanol–water partition coefficient (Wildman–Crippen LogP) is 2.81. The standard InChI is InChI=1S/C21H23N5O2/c1-26(14-10-16-7-11-22-12-8-16)20(27)18-9-13-23-21(25-18)24-15-17-5-3-4-6-19(17)28-2/h3-9,11-13H,10,14-15H2,1-2H3,(H,23,24,25). The minimum atomic E-state index is -0.142. The van der Waals surface area contributed by atoms with Gasteiger partial charge in [-0.05, 0) is 36.2 Å². The number of hydrogen-bond donors (Lipinski definition) is 1. The van der Waals surface area contributed by atoms with Crippen LogP contribution in [0, 0.1) is 0 Å². The first kappa shape index (κ1) is 19.3. The number of methoxy groups -OCH3 is 1. The first-order valence-corrected chi connectivity index (χ1v) is 9.00. The molecule has 0 spiro atoms. The van der Waals surface area contributed by atoms with Crippen molar-refractivity contribution in [3.05, 3.63) is 77.9 Å². The molecule has 1 aromatic carbocycles. The average molecular weight is 377 g/mol.